The highest BCUT2D eigenvalue weighted by molar-refractivity contribution is 5.51. The Morgan fingerprint density at radius 1 is 1.33 bits per heavy atom. The minimum Gasteiger partial charge on any atom is -0.472 e. The van der Waals surface area contributed by atoms with Crippen LogP contribution in [0.3, 0.4) is 0 Å². The molecule has 0 radical (unpaired) electrons. The van der Waals surface area contributed by atoms with Crippen molar-refractivity contribution in [2.75, 3.05) is 5.32 Å². The number of nitrogens with one attached hydrogen (secondary N) is 1. The third-order valence-corrected chi connectivity index (χ3v) is 4.13. The number of ether oxygens (including phenoxy) is 1. The molecule has 2 aromatic rings. The van der Waals surface area contributed by atoms with Crippen LogP contribution in [0, 0.1) is 0 Å². The second kappa shape index (κ2) is 5.05. The van der Waals surface area contributed by atoms with Crippen LogP contribution >= 0.6 is 0 Å². The van der Waals surface area contributed by atoms with E-state index in [1.807, 2.05) is 24.1 Å². The fourth-order valence-electron chi connectivity index (χ4n) is 2.53. The van der Waals surface area contributed by atoms with Crippen LogP contribution in [0.15, 0.2) is 12.4 Å². The summed E-state index contributed by atoms with van der Waals surface area (Å²) in [7, 11) is 1.91. The first-order valence-electron chi connectivity index (χ1n) is 7.63. The summed E-state index contributed by atoms with van der Waals surface area (Å²) in [6, 6.07) is 0.545. The molecule has 0 aromatic carbocycles. The van der Waals surface area contributed by atoms with E-state index in [0.717, 1.165) is 24.2 Å². The summed E-state index contributed by atoms with van der Waals surface area (Å²) < 4.78 is 9.74. The Balaban J connectivity index is 1.44. The molecule has 112 valence electrons. The molecule has 2 fully saturated rings. The number of anilines is 1. The Labute approximate surface area is 123 Å². The van der Waals surface area contributed by atoms with Gasteiger partial charge >= 0.3 is 0 Å². The van der Waals surface area contributed by atoms with E-state index >= 15 is 0 Å². The van der Waals surface area contributed by atoms with Gasteiger partial charge in [-0.1, -0.05) is 5.21 Å². The zero-order chi connectivity index (χ0) is 14.2. The van der Waals surface area contributed by atoms with Gasteiger partial charge in [0, 0.05) is 7.05 Å². The third kappa shape index (κ3) is 2.59. The average molecular weight is 288 g/mol. The van der Waals surface area contributed by atoms with Gasteiger partial charge in [-0.3, -0.25) is 4.68 Å². The van der Waals surface area contributed by atoms with E-state index in [-0.39, 0.29) is 0 Å². The van der Waals surface area contributed by atoms with Crippen LogP contribution in [-0.4, -0.2) is 30.9 Å². The minimum absolute atomic E-state index is 0.333. The number of rotatable bonds is 6. The summed E-state index contributed by atoms with van der Waals surface area (Å²) in [5, 5.41) is 16.0. The summed E-state index contributed by atoms with van der Waals surface area (Å²) in [5.41, 5.74) is 2.05. The van der Waals surface area contributed by atoms with E-state index < -0.39 is 0 Å². The fourth-order valence-corrected chi connectivity index (χ4v) is 2.53. The lowest BCUT2D eigenvalue weighted by Crippen LogP contribution is -2.25. The predicted octanol–water partition coefficient (Wildman–Crippen LogP) is 1.89. The van der Waals surface area contributed by atoms with E-state index in [2.05, 4.69) is 20.7 Å². The van der Waals surface area contributed by atoms with Gasteiger partial charge in [-0.05, 0) is 32.1 Å². The predicted molar refractivity (Wildman–Crippen MR) is 77.1 cm³/mol. The highest BCUT2D eigenvalue weighted by Gasteiger charge is 2.27. The Hall–Kier alpha value is -2.05. The molecule has 21 heavy (non-hydrogen) atoms. The van der Waals surface area contributed by atoms with Gasteiger partial charge in [0.15, 0.2) is 0 Å². The van der Waals surface area contributed by atoms with Crippen molar-refractivity contribution in [2.24, 2.45) is 7.05 Å². The molecule has 2 aromatic heterocycles. The van der Waals surface area contributed by atoms with Gasteiger partial charge in [-0.25, -0.2) is 4.68 Å². The number of hydrogen-bond acceptors (Lipinski definition) is 5. The van der Waals surface area contributed by atoms with Crippen molar-refractivity contribution in [1.29, 1.82) is 0 Å². The van der Waals surface area contributed by atoms with E-state index in [9.17, 15) is 0 Å². The summed E-state index contributed by atoms with van der Waals surface area (Å²) >= 11 is 0. The third-order valence-electron chi connectivity index (χ3n) is 4.13. The maximum atomic E-state index is 5.93. The van der Waals surface area contributed by atoms with Crippen molar-refractivity contribution in [3.05, 3.63) is 18.1 Å². The molecular formula is C14H20N6O. The highest BCUT2D eigenvalue weighted by Crippen LogP contribution is 2.35. The molecule has 1 N–H and O–H groups in total. The lowest BCUT2D eigenvalue weighted by molar-refractivity contribution is 0.114. The Morgan fingerprint density at radius 3 is 2.90 bits per heavy atom. The second-order valence-corrected chi connectivity index (χ2v) is 5.95. The first-order valence-corrected chi connectivity index (χ1v) is 7.63. The molecule has 7 heteroatoms. The lowest BCUT2D eigenvalue weighted by Gasteiger charge is -2.25. The summed E-state index contributed by atoms with van der Waals surface area (Å²) in [5.74, 6) is 0.702. The average Bonchev–Trinajstić information content (AvgIpc) is 3.05. The summed E-state index contributed by atoms with van der Waals surface area (Å²) in [4.78, 5) is 0. The van der Waals surface area contributed by atoms with Crippen molar-refractivity contribution in [3.63, 3.8) is 0 Å². The molecule has 0 spiro atoms. The molecule has 7 nitrogen and oxygen atoms in total. The monoisotopic (exact) mass is 288 g/mol. The quantitative estimate of drug-likeness (QED) is 0.879. The Morgan fingerprint density at radius 2 is 2.19 bits per heavy atom. The van der Waals surface area contributed by atoms with Crippen LogP contribution in [0.25, 0.3) is 0 Å². The van der Waals surface area contributed by atoms with E-state index in [1.54, 1.807) is 4.68 Å². The minimum atomic E-state index is 0.333. The van der Waals surface area contributed by atoms with E-state index in [1.165, 1.54) is 19.3 Å². The second-order valence-electron chi connectivity index (χ2n) is 5.95. The van der Waals surface area contributed by atoms with Crippen molar-refractivity contribution in [2.45, 2.75) is 50.8 Å². The van der Waals surface area contributed by atoms with Crippen LogP contribution in [0.1, 0.15) is 43.8 Å². The van der Waals surface area contributed by atoms with E-state index in [4.69, 9.17) is 4.74 Å². The van der Waals surface area contributed by atoms with Crippen LogP contribution in [-0.2, 0) is 13.6 Å². The SMILES string of the molecule is Cn1cc(NCc2cnnn2C2CC2)c(OC2CCC2)n1. The van der Waals surface area contributed by atoms with Gasteiger partial charge in [0.05, 0.1) is 30.7 Å². The van der Waals surface area contributed by atoms with Crippen LogP contribution in [0.4, 0.5) is 5.69 Å². The van der Waals surface area contributed by atoms with E-state index in [0.29, 0.717) is 24.6 Å². The molecule has 2 heterocycles. The van der Waals surface area contributed by atoms with Gasteiger partial charge in [0.25, 0.3) is 5.88 Å². The zero-order valence-corrected chi connectivity index (χ0v) is 12.2. The fraction of sp³-hybridized carbons (Fsp3) is 0.643. The Bertz CT molecular complexity index is 625. The van der Waals surface area contributed by atoms with Gasteiger partial charge in [0.1, 0.15) is 11.8 Å². The molecule has 0 amide bonds. The maximum absolute atomic E-state index is 5.93. The van der Waals surface area contributed by atoms with Crippen molar-refractivity contribution < 1.29 is 4.74 Å². The smallest absolute Gasteiger partial charge is 0.256 e. The molecular weight excluding hydrogens is 268 g/mol. The maximum Gasteiger partial charge on any atom is 0.256 e. The van der Waals surface area contributed by atoms with Crippen molar-refractivity contribution in [3.8, 4) is 5.88 Å². The van der Waals surface area contributed by atoms with Crippen molar-refractivity contribution >= 4 is 5.69 Å². The molecule has 0 atom stereocenters. The number of hydrogen-bond donors (Lipinski definition) is 1. The zero-order valence-electron chi connectivity index (χ0n) is 12.2. The number of aryl methyl sites for hydroxylation is 1. The summed E-state index contributed by atoms with van der Waals surface area (Å²) in [6.07, 6.45) is 10.1. The molecule has 4 rings (SSSR count). The molecule has 0 unspecified atom stereocenters. The van der Waals surface area contributed by atoms with Gasteiger partial charge < -0.3 is 10.1 Å². The van der Waals surface area contributed by atoms with Crippen LogP contribution in [0.2, 0.25) is 0 Å². The van der Waals surface area contributed by atoms with Crippen LogP contribution < -0.4 is 10.1 Å². The molecule has 0 aliphatic heterocycles. The normalized spacial score (nSPS) is 18.5. The number of nitrogens with zero attached hydrogens (tertiary/aromatic N) is 5. The summed E-state index contributed by atoms with van der Waals surface area (Å²) in [6.45, 7) is 0.691. The molecule has 2 saturated carbocycles. The van der Waals surface area contributed by atoms with Crippen LogP contribution in [0.5, 0.6) is 5.88 Å². The van der Waals surface area contributed by atoms with Gasteiger partial charge in [-0.15, -0.1) is 10.2 Å². The highest BCUT2D eigenvalue weighted by atomic mass is 16.5. The molecule has 0 saturated heterocycles. The lowest BCUT2D eigenvalue weighted by atomic mass is 9.96. The first-order chi connectivity index (χ1) is 10.3. The molecule has 0 bridgehead atoms. The molecule has 2 aliphatic carbocycles. The Kier molecular flexibility index (Phi) is 3.05. The largest absolute Gasteiger partial charge is 0.472 e. The standard InChI is InChI=1S/C14H20N6O/c1-19-9-13(14(17-19)21-12-3-2-4-12)15-7-11-8-16-18-20(11)10-5-6-10/h8-10,12,15H,2-7H2,1H3. The topological polar surface area (TPSA) is 69.8 Å². The first kappa shape index (κ1) is 12.7. The molecule has 2 aliphatic rings. The van der Waals surface area contributed by atoms with Crippen molar-refractivity contribution in [1.82, 2.24) is 24.8 Å². The van der Waals surface area contributed by atoms with Gasteiger partial charge in [0.2, 0.25) is 0 Å². The number of aromatic nitrogens is 5. The van der Waals surface area contributed by atoms with Gasteiger partial charge in [-0.2, -0.15) is 0 Å².